The number of rotatable bonds is 6. The van der Waals surface area contributed by atoms with Crippen molar-refractivity contribution in [3.8, 4) is 0 Å². The SMILES string of the molecule is COCCn1c(CN)nnc1C(C)C1CC1. The number of methoxy groups -OCH3 is 1. The van der Waals surface area contributed by atoms with Gasteiger partial charge < -0.3 is 15.0 Å². The Morgan fingerprint density at radius 3 is 2.81 bits per heavy atom. The van der Waals surface area contributed by atoms with Gasteiger partial charge in [0.2, 0.25) is 0 Å². The summed E-state index contributed by atoms with van der Waals surface area (Å²) in [5, 5.41) is 8.43. The molecule has 0 aliphatic heterocycles. The first-order chi connectivity index (χ1) is 7.77. The van der Waals surface area contributed by atoms with Crippen LogP contribution in [0.4, 0.5) is 0 Å². The summed E-state index contributed by atoms with van der Waals surface area (Å²) < 4.78 is 7.23. The van der Waals surface area contributed by atoms with Gasteiger partial charge in [-0.25, -0.2) is 0 Å². The minimum Gasteiger partial charge on any atom is -0.383 e. The summed E-state index contributed by atoms with van der Waals surface area (Å²) in [6.07, 6.45) is 2.63. The Hall–Kier alpha value is -0.940. The molecule has 1 aromatic rings. The Labute approximate surface area is 96.0 Å². The van der Waals surface area contributed by atoms with Crippen LogP contribution < -0.4 is 5.73 Å². The molecule has 1 aromatic heterocycles. The lowest BCUT2D eigenvalue weighted by molar-refractivity contribution is 0.184. The average Bonchev–Trinajstić information content (AvgIpc) is 3.06. The summed E-state index contributed by atoms with van der Waals surface area (Å²) in [5.41, 5.74) is 5.66. The van der Waals surface area contributed by atoms with Crippen LogP contribution in [0, 0.1) is 5.92 Å². The molecule has 2 N–H and O–H groups in total. The molecule has 0 amide bonds. The summed E-state index contributed by atoms with van der Waals surface area (Å²) in [4.78, 5) is 0. The number of ether oxygens (including phenoxy) is 1. The van der Waals surface area contributed by atoms with Crippen molar-refractivity contribution in [2.75, 3.05) is 13.7 Å². The fourth-order valence-corrected chi connectivity index (χ4v) is 2.07. The first-order valence-electron chi connectivity index (χ1n) is 5.89. The van der Waals surface area contributed by atoms with Crippen LogP contribution in [-0.4, -0.2) is 28.5 Å². The lowest BCUT2D eigenvalue weighted by atomic mass is 10.1. The largest absolute Gasteiger partial charge is 0.383 e. The Morgan fingerprint density at radius 2 is 2.25 bits per heavy atom. The smallest absolute Gasteiger partial charge is 0.146 e. The fourth-order valence-electron chi connectivity index (χ4n) is 2.07. The Kier molecular flexibility index (Phi) is 3.56. The molecule has 5 nitrogen and oxygen atoms in total. The van der Waals surface area contributed by atoms with E-state index in [1.807, 2.05) is 0 Å². The second-order valence-electron chi connectivity index (χ2n) is 4.45. The van der Waals surface area contributed by atoms with Crippen molar-refractivity contribution in [3.05, 3.63) is 11.6 Å². The standard InChI is InChI=1S/C11H20N4O/c1-8(9-3-4-9)11-14-13-10(7-12)15(11)5-6-16-2/h8-9H,3-7,12H2,1-2H3. The zero-order valence-corrected chi connectivity index (χ0v) is 10.0. The van der Waals surface area contributed by atoms with Gasteiger partial charge in [-0.2, -0.15) is 0 Å². The maximum atomic E-state index is 5.66. The highest BCUT2D eigenvalue weighted by Gasteiger charge is 2.32. The van der Waals surface area contributed by atoms with Gasteiger partial charge in [0.15, 0.2) is 0 Å². The van der Waals surface area contributed by atoms with E-state index in [0.29, 0.717) is 19.1 Å². The quantitative estimate of drug-likeness (QED) is 0.779. The fraction of sp³-hybridized carbons (Fsp3) is 0.818. The summed E-state index contributed by atoms with van der Waals surface area (Å²) in [6.45, 7) is 4.14. The van der Waals surface area contributed by atoms with Crippen LogP contribution in [-0.2, 0) is 17.8 Å². The number of hydrogen-bond donors (Lipinski definition) is 1. The third kappa shape index (κ3) is 2.25. The molecule has 0 spiro atoms. The summed E-state index contributed by atoms with van der Waals surface area (Å²) in [6, 6.07) is 0. The number of aromatic nitrogens is 3. The summed E-state index contributed by atoms with van der Waals surface area (Å²) in [7, 11) is 1.70. The van der Waals surface area contributed by atoms with E-state index in [4.69, 9.17) is 10.5 Å². The second kappa shape index (κ2) is 4.93. The predicted octanol–water partition coefficient (Wildman–Crippen LogP) is 0.897. The van der Waals surface area contributed by atoms with E-state index in [2.05, 4.69) is 21.7 Å². The van der Waals surface area contributed by atoms with Crippen molar-refractivity contribution in [1.82, 2.24) is 14.8 Å². The lowest BCUT2D eigenvalue weighted by Crippen LogP contribution is -2.16. The molecule has 1 aliphatic carbocycles. The summed E-state index contributed by atoms with van der Waals surface area (Å²) >= 11 is 0. The molecule has 0 aromatic carbocycles. The van der Waals surface area contributed by atoms with Gasteiger partial charge in [0.25, 0.3) is 0 Å². The van der Waals surface area contributed by atoms with Crippen LogP contribution in [0.2, 0.25) is 0 Å². The second-order valence-corrected chi connectivity index (χ2v) is 4.45. The van der Waals surface area contributed by atoms with E-state index in [1.54, 1.807) is 7.11 Å². The third-order valence-electron chi connectivity index (χ3n) is 3.29. The number of nitrogens with two attached hydrogens (primary N) is 1. The predicted molar refractivity (Wildman–Crippen MR) is 60.9 cm³/mol. The molecule has 16 heavy (non-hydrogen) atoms. The molecule has 1 fully saturated rings. The van der Waals surface area contributed by atoms with Gasteiger partial charge in [-0.3, -0.25) is 0 Å². The Balaban J connectivity index is 2.18. The number of hydrogen-bond acceptors (Lipinski definition) is 4. The van der Waals surface area contributed by atoms with Gasteiger partial charge in [0.1, 0.15) is 11.6 Å². The minimum atomic E-state index is 0.439. The maximum absolute atomic E-state index is 5.66. The monoisotopic (exact) mass is 224 g/mol. The zero-order valence-electron chi connectivity index (χ0n) is 10.0. The van der Waals surface area contributed by atoms with E-state index in [1.165, 1.54) is 12.8 Å². The molecule has 1 unspecified atom stereocenters. The Bertz CT molecular complexity index is 346. The van der Waals surface area contributed by atoms with Crippen molar-refractivity contribution < 1.29 is 4.74 Å². The molecule has 90 valence electrons. The van der Waals surface area contributed by atoms with Gasteiger partial charge in [-0.15, -0.1) is 10.2 Å². The normalized spacial score (nSPS) is 17.7. The molecular formula is C11H20N4O. The van der Waals surface area contributed by atoms with Gasteiger partial charge in [-0.05, 0) is 18.8 Å². The van der Waals surface area contributed by atoms with Gasteiger partial charge in [-0.1, -0.05) is 6.92 Å². The van der Waals surface area contributed by atoms with Crippen LogP contribution in [0.5, 0.6) is 0 Å². The van der Waals surface area contributed by atoms with Crippen LogP contribution >= 0.6 is 0 Å². The lowest BCUT2D eigenvalue weighted by Gasteiger charge is -2.13. The van der Waals surface area contributed by atoms with Gasteiger partial charge in [0, 0.05) is 19.6 Å². The van der Waals surface area contributed by atoms with Gasteiger partial charge in [0.05, 0.1) is 13.2 Å². The first kappa shape index (κ1) is 11.5. The molecule has 0 radical (unpaired) electrons. The highest BCUT2D eigenvalue weighted by Crippen LogP contribution is 2.41. The Morgan fingerprint density at radius 1 is 1.50 bits per heavy atom. The van der Waals surface area contributed by atoms with E-state index in [-0.39, 0.29) is 0 Å². The van der Waals surface area contributed by atoms with Gasteiger partial charge >= 0.3 is 0 Å². The molecule has 1 saturated carbocycles. The molecule has 1 aliphatic rings. The molecular weight excluding hydrogens is 204 g/mol. The molecule has 5 heteroatoms. The van der Waals surface area contributed by atoms with Crippen LogP contribution in [0.15, 0.2) is 0 Å². The molecule has 0 saturated heterocycles. The number of nitrogens with zero attached hydrogens (tertiary/aromatic N) is 3. The van der Waals surface area contributed by atoms with Crippen LogP contribution in [0.25, 0.3) is 0 Å². The van der Waals surface area contributed by atoms with Crippen molar-refractivity contribution >= 4 is 0 Å². The van der Waals surface area contributed by atoms with Crippen molar-refractivity contribution in [3.63, 3.8) is 0 Å². The van der Waals surface area contributed by atoms with Crippen LogP contribution in [0.3, 0.4) is 0 Å². The minimum absolute atomic E-state index is 0.439. The van der Waals surface area contributed by atoms with E-state index >= 15 is 0 Å². The van der Waals surface area contributed by atoms with E-state index < -0.39 is 0 Å². The van der Waals surface area contributed by atoms with Crippen LogP contribution in [0.1, 0.15) is 37.3 Å². The molecule has 1 atom stereocenters. The topological polar surface area (TPSA) is 66.0 Å². The highest BCUT2D eigenvalue weighted by atomic mass is 16.5. The third-order valence-corrected chi connectivity index (χ3v) is 3.29. The van der Waals surface area contributed by atoms with Crippen molar-refractivity contribution in [2.45, 2.75) is 38.8 Å². The zero-order chi connectivity index (χ0) is 11.5. The maximum Gasteiger partial charge on any atom is 0.146 e. The van der Waals surface area contributed by atoms with E-state index in [9.17, 15) is 0 Å². The molecule has 2 rings (SSSR count). The molecule has 1 heterocycles. The van der Waals surface area contributed by atoms with Crippen molar-refractivity contribution in [1.29, 1.82) is 0 Å². The van der Waals surface area contributed by atoms with E-state index in [0.717, 1.165) is 24.1 Å². The summed E-state index contributed by atoms with van der Waals surface area (Å²) in [5.74, 6) is 3.21. The molecule has 0 bridgehead atoms. The first-order valence-corrected chi connectivity index (χ1v) is 5.89. The highest BCUT2D eigenvalue weighted by molar-refractivity contribution is 5.05. The van der Waals surface area contributed by atoms with Crippen molar-refractivity contribution in [2.24, 2.45) is 11.7 Å². The average molecular weight is 224 g/mol.